The van der Waals surface area contributed by atoms with Crippen LogP contribution in [0.15, 0.2) is 73.6 Å². The first-order valence-corrected chi connectivity index (χ1v) is 10.2. The molecule has 0 spiro atoms. The fourth-order valence-electron chi connectivity index (χ4n) is 3.19. The Kier molecular flexibility index (Phi) is 7.63. The topological polar surface area (TPSA) is 46.0 Å². The molecular weight excluding hydrogens is 375 g/mol. The number of unbranched alkanes of at least 4 members (excludes halogenated alkanes) is 1. The third-order valence-corrected chi connectivity index (χ3v) is 4.85. The van der Waals surface area contributed by atoms with Gasteiger partial charge in [0.15, 0.2) is 5.82 Å². The summed E-state index contributed by atoms with van der Waals surface area (Å²) in [4.78, 5) is 8.73. The van der Waals surface area contributed by atoms with E-state index in [1.165, 1.54) is 6.07 Å². The second kappa shape index (κ2) is 10.6. The van der Waals surface area contributed by atoms with E-state index in [-0.39, 0.29) is 11.9 Å². The highest BCUT2D eigenvalue weighted by atomic mass is 19.1. The number of rotatable bonds is 9. The molecule has 0 aliphatic heterocycles. The number of allylic oxidation sites excluding steroid dienone is 2. The van der Waals surface area contributed by atoms with Crippen LogP contribution in [0.4, 0.5) is 4.39 Å². The van der Waals surface area contributed by atoms with Crippen LogP contribution in [0.25, 0.3) is 28.6 Å². The summed E-state index contributed by atoms with van der Waals surface area (Å²) in [6.07, 6.45) is 12.6. The van der Waals surface area contributed by atoms with Crippen molar-refractivity contribution in [2.75, 3.05) is 0 Å². The van der Waals surface area contributed by atoms with Crippen LogP contribution in [0.1, 0.15) is 37.3 Å². The van der Waals surface area contributed by atoms with Crippen molar-refractivity contribution in [2.45, 2.75) is 38.7 Å². The molecule has 3 aromatic rings. The normalized spacial score (nSPS) is 12.2. The summed E-state index contributed by atoms with van der Waals surface area (Å²) in [5, 5.41) is 9.28. The van der Waals surface area contributed by atoms with Crippen LogP contribution in [-0.2, 0) is 6.42 Å². The molecule has 30 heavy (non-hydrogen) atoms. The molecule has 154 valence electrons. The van der Waals surface area contributed by atoms with E-state index in [0.717, 1.165) is 41.5 Å². The zero-order valence-corrected chi connectivity index (χ0v) is 17.3. The van der Waals surface area contributed by atoms with Crippen molar-refractivity contribution in [1.29, 1.82) is 0 Å². The van der Waals surface area contributed by atoms with Crippen molar-refractivity contribution in [3.63, 3.8) is 0 Å². The van der Waals surface area contributed by atoms with Crippen molar-refractivity contribution in [1.82, 2.24) is 9.97 Å². The van der Waals surface area contributed by atoms with E-state index in [4.69, 9.17) is 0 Å². The molecule has 0 radical (unpaired) electrons. The van der Waals surface area contributed by atoms with Gasteiger partial charge < -0.3 is 5.11 Å². The highest BCUT2D eigenvalue weighted by molar-refractivity contribution is 5.66. The third kappa shape index (κ3) is 5.94. The Morgan fingerprint density at radius 2 is 1.80 bits per heavy atom. The second-order valence-electron chi connectivity index (χ2n) is 7.41. The third-order valence-electron chi connectivity index (χ3n) is 4.85. The quantitative estimate of drug-likeness (QED) is 0.340. The van der Waals surface area contributed by atoms with Gasteiger partial charge in [-0.05, 0) is 61.4 Å². The zero-order valence-electron chi connectivity index (χ0n) is 17.3. The highest BCUT2D eigenvalue weighted by Gasteiger charge is 2.09. The molecule has 4 heteroatoms. The van der Waals surface area contributed by atoms with Gasteiger partial charge in [-0.3, -0.25) is 0 Å². The van der Waals surface area contributed by atoms with Gasteiger partial charge in [0, 0.05) is 18.0 Å². The lowest BCUT2D eigenvalue weighted by Gasteiger charge is -2.06. The lowest BCUT2D eigenvalue weighted by molar-refractivity contribution is 0.182. The van der Waals surface area contributed by atoms with Gasteiger partial charge in [-0.2, -0.15) is 0 Å². The lowest BCUT2D eigenvalue weighted by atomic mass is 10.1. The van der Waals surface area contributed by atoms with Crippen LogP contribution in [-0.4, -0.2) is 21.2 Å². The van der Waals surface area contributed by atoms with Crippen molar-refractivity contribution in [3.8, 4) is 22.5 Å². The summed E-state index contributed by atoms with van der Waals surface area (Å²) in [7, 11) is 0. The van der Waals surface area contributed by atoms with E-state index in [2.05, 4.69) is 28.7 Å². The van der Waals surface area contributed by atoms with Gasteiger partial charge in [0.1, 0.15) is 5.82 Å². The average molecular weight is 403 g/mol. The molecule has 1 N–H and O–H groups in total. The number of benzene rings is 2. The number of halogens is 1. The predicted molar refractivity (Wildman–Crippen MR) is 121 cm³/mol. The summed E-state index contributed by atoms with van der Waals surface area (Å²) in [6, 6.07) is 13.2. The van der Waals surface area contributed by atoms with Crippen molar-refractivity contribution in [3.05, 3.63) is 90.5 Å². The minimum absolute atomic E-state index is 0.237. The summed E-state index contributed by atoms with van der Waals surface area (Å²) in [5.74, 6) is 0.0461. The minimum atomic E-state index is -0.327. The van der Waals surface area contributed by atoms with E-state index < -0.39 is 0 Å². The van der Waals surface area contributed by atoms with Gasteiger partial charge in [0.2, 0.25) is 0 Å². The molecule has 1 unspecified atom stereocenters. The molecule has 3 nitrogen and oxygen atoms in total. The average Bonchev–Trinajstić information content (AvgIpc) is 2.74. The van der Waals surface area contributed by atoms with Crippen molar-refractivity contribution >= 4 is 6.08 Å². The van der Waals surface area contributed by atoms with E-state index in [1.54, 1.807) is 24.5 Å². The summed E-state index contributed by atoms with van der Waals surface area (Å²) in [5.41, 5.74) is 4.28. The van der Waals surface area contributed by atoms with Crippen LogP contribution in [0, 0.1) is 5.82 Å². The van der Waals surface area contributed by atoms with Gasteiger partial charge in [0.05, 0.1) is 11.7 Å². The number of aliphatic hydroxyl groups is 1. The fourth-order valence-corrected chi connectivity index (χ4v) is 3.19. The Balaban J connectivity index is 1.66. The number of hydrogen-bond acceptors (Lipinski definition) is 3. The fraction of sp³-hybridized carbons (Fsp3) is 0.231. The summed E-state index contributed by atoms with van der Waals surface area (Å²) >= 11 is 0. The first kappa shape index (κ1) is 21.6. The zero-order chi connectivity index (χ0) is 21.3. The number of aliphatic hydroxyl groups excluding tert-OH is 1. The smallest absolute Gasteiger partial charge is 0.162 e. The molecule has 0 aliphatic rings. The van der Waals surface area contributed by atoms with Crippen molar-refractivity contribution in [2.24, 2.45) is 0 Å². The maximum Gasteiger partial charge on any atom is 0.162 e. The maximum absolute atomic E-state index is 14.4. The van der Waals surface area contributed by atoms with E-state index in [9.17, 15) is 9.50 Å². The summed E-state index contributed by atoms with van der Waals surface area (Å²) in [6.45, 7) is 5.49. The van der Waals surface area contributed by atoms with Gasteiger partial charge in [-0.25, -0.2) is 14.4 Å². The van der Waals surface area contributed by atoms with Crippen LogP contribution >= 0.6 is 0 Å². The van der Waals surface area contributed by atoms with Gasteiger partial charge in [-0.1, -0.05) is 48.6 Å². The molecule has 1 heterocycles. The monoisotopic (exact) mass is 402 g/mol. The van der Waals surface area contributed by atoms with Gasteiger partial charge in [0.25, 0.3) is 0 Å². The van der Waals surface area contributed by atoms with E-state index >= 15 is 0 Å². The van der Waals surface area contributed by atoms with Gasteiger partial charge in [-0.15, -0.1) is 6.58 Å². The predicted octanol–water partition coefficient (Wildman–Crippen LogP) is 6.24. The molecule has 0 saturated heterocycles. The number of nitrogens with zero attached hydrogens (tertiary/aromatic N) is 2. The standard InChI is InChI=1S/C26H27FN2O/c1-3-7-21-12-15-24(25(27)16-21)26-28-17-23(18-29-26)22-13-10-20(11-14-22)9-6-4-5-8-19(2)30/h3,6,9-19,30H,1,4-5,7-8H2,2H3. The van der Waals surface area contributed by atoms with Crippen LogP contribution in [0.3, 0.4) is 0 Å². The van der Waals surface area contributed by atoms with E-state index in [1.807, 2.05) is 37.3 Å². The van der Waals surface area contributed by atoms with Crippen LogP contribution in [0.2, 0.25) is 0 Å². The number of hydrogen-bond donors (Lipinski definition) is 1. The first-order chi connectivity index (χ1) is 14.6. The molecule has 0 aliphatic carbocycles. The molecule has 0 fully saturated rings. The second-order valence-corrected chi connectivity index (χ2v) is 7.41. The summed E-state index contributed by atoms with van der Waals surface area (Å²) < 4.78 is 14.4. The highest BCUT2D eigenvalue weighted by Crippen LogP contribution is 2.24. The Hall–Kier alpha value is -3.11. The molecule has 1 aromatic heterocycles. The van der Waals surface area contributed by atoms with Crippen molar-refractivity contribution < 1.29 is 9.50 Å². The van der Waals surface area contributed by atoms with Crippen LogP contribution in [0.5, 0.6) is 0 Å². The molecular formula is C26H27FN2O. The molecule has 3 rings (SSSR count). The molecule has 0 saturated carbocycles. The van der Waals surface area contributed by atoms with Crippen LogP contribution < -0.4 is 0 Å². The maximum atomic E-state index is 14.4. The first-order valence-electron chi connectivity index (χ1n) is 10.2. The van der Waals surface area contributed by atoms with E-state index in [0.29, 0.717) is 17.8 Å². The Morgan fingerprint density at radius 3 is 2.43 bits per heavy atom. The largest absolute Gasteiger partial charge is 0.393 e. The number of aromatic nitrogens is 2. The Labute approximate surface area is 177 Å². The van der Waals surface area contributed by atoms with Gasteiger partial charge >= 0.3 is 0 Å². The Morgan fingerprint density at radius 1 is 1.07 bits per heavy atom. The molecule has 0 amide bonds. The molecule has 1 atom stereocenters. The molecule has 2 aromatic carbocycles. The Bertz CT molecular complexity index is 993. The molecule has 0 bridgehead atoms. The lowest BCUT2D eigenvalue weighted by Crippen LogP contribution is -1.97. The minimum Gasteiger partial charge on any atom is -0.393 e. The SMILES string of the molecule is C=CCc1ccc(-c2ncc(-c3ccc(C=CCCCC(C)O)cc3)cn2)c(F)c1.